The summed E-state index contributed by atoms with van der Waals surface area (Å²) >= 11 is 0. The number of amides is 2. The summed E-state index contributed by atoms with van der Waals surface area (Å²) in [5.74, 6) is -0.596. The number of ether oxygens (including phenoxy) is 3. The first-order valence-corrected chi connectivity index (χ1v) is 9.54. The van der Waals surface area contributed by atoms with Crippen LogP contribution in [0.25, 0.3) is 0 Å². The summed E-state index contributed by atoms with van der Waals surface area (Å²) < 4.78 is 15.8. The Labute approximate surface area is 174 Å². The number of hydrogen-bond donors (Lipinski definition) is 2. The Morgan fingerprint density at radius 3 is 2.30 bits per heavy atom. The first-order valence-electron chi connectivity index (χ1n) is 9.54. The highest BCUT2D eigenvalue weighted by Crippen LogP contribution is 2.30. The van der Waals surface area contributed by atoms with Crippen LogP contribution in [0.4, 0.5) is 5.69 Å². The van der Waals surface area contributed by atoms with Crippen LogP contribution in [-0.2, 0) is 14.3 Å². The van der Waals surface area contributed by atoms with Gasteiger partial charge in [0.25, 0.3) is 5.91 Å². The van der Waals surface area contributed by atoms with Crippen molar-refractivity contribution in [3.63, 3.8) is 0 Å². The molecule has 3 rings (SSSR count). The quantitative estimate of drug-likeness (QED) is 0.706. The van der Waals surface area contributed by atoms with Gasteiger partial charge in [-0.05, 0) is 50.1 Å². The highest BCUT2D eigenvalue weighted by molar-refractivity contribution is 5.96. The van der Waals surface area contributed by atoms with E-state index in [-0.39, 0.29) is 18.0 Å². The zero-order valence-electron chi connectivity index (χ0n) is 17.2. The third-order valence-corrected chi connectivity index (χ3v) is 4.50. The van der Waals surface area contributed by atoms with E-state index in [1.165, 1.54) is 12.1 Å². The smallest absolute Gasteiger partial charge is 0.338 e. The molecule has 0 saturated carbocycles. The van der Waals surface area contributed by atoms with Crippen LogP contribution in [-0.4, -0.2) is 44.1 Å². The minimum Gasteiger partial charge on any atom is -0.486 e. The number of esters is 1. The molecule has 0 fully saturated rings. The van der Waals surface area contributed by atoms with Gasteiger partial charge in [-0.1, -0.05) is 17.7 Å². The number of aryl methyl sites for hydroxylation is 3. The number of fused-ring (bicyclic) bond motifs is 1. The van der Waals surface area contributed by atoms with E-state index in [1.807, 2.05) is 32.9 Å². The number of carbonyl (C=O) groups is 3. The summed E-state index contributed by atoms with van der Waals surface area (Å²) in [7, 11) is 0. The molecule has 0 unspecified atom stereocenters. The second-order valence-corrected chi connectivity index (χ2v) is 7.03. The van der Waals surface area contributed by atoms with Gasteiger partial charge in [0.15, 0.2) is 18.1 Å². The van der Waals surface area contributed by atoms with Gasteiger partial charge in [0.1, 0.15) is 13.2 Å². The van der Waals surface area contributed by atoms with Crippen molar-refractivity contribution in [1.82, 2.24) is 5.32 Å². The van der Waals surface area contributed by atoms with Crippen LogP contribution in [0.2, 0.25) is 0 Å². The summed E-state index contributed by atoms with van der Waals surface area (Å²) in [4.78, 5) is 36.2. The molecule has 1 heterocycles. The van der Waals surface area contributed by atoms with E-state index in [2.05, 4.69) is 10.6 Å². The Bertz CT molecular complexity index is 963. The van der Waals surface area contributed by atoms with Gasteiger partial charge in [0.2, 0.25) is 5.91 Å². The monoisotopic (exact) mass is 412 g/mol. The number of rotatable bonds is 6. The van der Waals surface area contributed by atoms with Crippen LogP contribution in [0.1, 0.15) is 27.0 Å². The van der Waals surface area contributed by atoms with Gasteiger partial charge < -0.3 is 24.8 Å². The summed E-state index contributed by atoms with van der Waals surface area (Å²) in [6.45, 7) is 5.93. The molecule has 8 heteroatoms. The van der Waals surface area contributed by atoms with E-state index in [1.54, 1.807) is 6.07 Å². The van der Waals surface area contributed by atoms with Gasteiger partial charge in [0, 0.05) is 5.69 Å². The molecular weight excluding hydrogens is 388 g/mol. The maximum Gasteiger partial charge on any atom is 0.338 e. The summed E-state index contributed by atoms with van der Waals surface area (Å²) in [5.41, 5.74) is 3.97. The number of anilines is 1. The van der Waals surface area contributed by atoms with Crippen LogP contribution in [0.3, 0.4) is 0 Å². The molecule has 2 aromatic rings. The standard InChI is InChI=1S/C22H24N2O6/c1-13-8-14(2)21(15(3)9-13)24-19(25)11-23-20(26)12-30-22(27)16-4-5-17-18(10-16)29-7-6-28-17/h4-5,8-10H,6-7,11-12H2,1-3H3,(H,23,26)(H,24,25). The number of benzene rings is 2. The van der Waals surface area contributed by atoms with Crippen molar-refractivity contribution in [2.75, 3.05) is 31.7 Å². The van der Waals surface area contributed by atoms with E-state index in [0.29, 0.717) is 24.7 Å². The van der Waals surface area contributed by atoms with Crippen molar-refractivity contribution in [2.24, 2.45) is 0 Å². The molecule has 0 radical (unpaired) electrons. The fourth-order valence-electron chi connectivity index (χ4n) is 3.18. The molecule has 1 aliphatic rings. The lowest BCUT2D eigenvalue weighted by molar-refractivity contribution is -0.126. The largest absolute Gasteiger partial charge is 0.486 e. The number of hydrogen-bond acceptors (Lipinski definition) is 6. The van der Waals surface area contributed by atoms with Crippen LogP contribution in [0, 0.1) is 20.8 Å². The van der Waals surface area contributed by atoms with Crippen LogP contribution < -0.4 is 20.1 Å². The maximum absolute atomic E-state index is 12.1. The average Bonchev–Trinajstić information content (AvgIpc) is 2.72. The van der Waals surface area contributed by atoms with E-state index < -0.39 is 18.5 Å². The van der Waals surface area contributed by atoms with E-state index in [0.717, 1.165) is 22.4 Å². The topological polar surface area (TPSA) is 103 Å². The summed E-state index contributed by atoms with van der Waals surface area (Å²) in [5, 5.41) is 5.23. The van der Waals surface area contributed by atoms with Crippen molar-refractivity contribution in [3.05, 3.63) is 52.6 Å². The van der Waals surface area contributed by atoms with Gasteiger partial charge in [-0.25, -0.2) is 4.79 Å². The summed E-state index contributed by atoms with van der Waals surface area (Å²) in [6.07, 6.45) is 0. The Morgan fingerprint density at radius 1 is 0.933 bits per heavy atom. The molecule has 2 N–H and O–H groups in total. The SMILES string of the molecule is Cc1cc(C)c(NC(=O)CNC(=O)COC(=O)c2ccc3c(c2)OCCO3)c(C)c1. The van der Waals surface area contributed by atoms with Gasteiger partial charge in [-0.15, -0.1) is 0 Å². The molecule has 1 aliphatic heterocycles. The van der Waals surface area contributed by atoms with Gasteiger partial charge in [-0.2, -0.15) is 0 Å². The van der Waals surface area contributed by atoms with Crippen LogP contribution >= 0.6 is 0 Å². The summed E-state index contributed by atoms with van der Waals surface area (Å²) in [6, 6.07) is 8.60. The fraction of sp³-hybridized carbons (Fsp3) is 0.318. The van der Waals surface area contributed by atoms with Crippen LogP contribution in [0.5, 0.6) is 11.5 Å². The molecule has 0 bridgehead atoms. The zero-order valence-corrected chi connectivity index (χ0v) is 17.2. The first kappa shape index (κ1) is 21.2. The molecule has 0 saturated heterocycles. The van der Waals surface area contributed by atoms with E-state index in [9.17, 15) is 14.4 Å². The van der Waals surface area contributed by atoms with Crippen molar-refractivity contribution >= 4 is 23.5 Å². The van der Waals surface area contributed by atoms with Crippen molar-refractivity contribution < 1.29 is 28.6 Å². The van der Waals surface area contributed by atoms with E-state index >= 15 is 0 Å². The number of carbonyl (C=O) groups excluding carboxylic acids is 3. The molecule has 8 nitrogen and oxygen atoms in total. The van der Waals surface area contributed by atoms with Crippen LogP contribution in [0.15, 0.2) is 30.3 Å². The average molecular weight is 412 g/mol. The molecule has 2 amide bonds. The van der Waals surface area contributed by atoms with Gasteiger partial charge in [-0.3, -0.25) is 9.59 Å². The highest BCUT2D eigenvalue weighted by atomic mass is 16.6. The van der Waals surface area contributed by atoms with Gasteiger partial charge in [0.05, 0.1) is 12.1 Å². The molecule has 30 heavy (non-hydrogen) atoms. The molecule has 2 aromatic carbocycles. The second-order valence-electron chi connectivity index (χ2n) is 7.03. The Morgan fingerprint density at radius 2 is 1.60 bits per heavy atom. The lowest BCUT2D eigenvalue weighted by Crippen LogP contribution is -2.35. The Hall–Kier alpha value is -3.55. The van der Waals surface area contributed by atoms with Crippen molar-refractivity contribution in [1.29, 1.82) is 0 Å². The molecular formula is C22H24N2O6. The van der Waals surface area contributed by atoms with E-state index in [4.69, 9.17) is 14.2 Å². The first-order chi connectivity index (χ1) is 14.3. The third kappa shape index (κ3) is 5.28. The third-order valence-electron chi connectivity index (χ3n) is 4.50. The molecule has 0 aliphatic carbocycles. The Balaban J connectivity index is 1.46. The number of nitrogens with one attached hydrogen (secondary N) is 2. The molecule has 0 atom stereocenters. The molecule has 0 spiro atoms. The highest BCUT2D eigenvalue weighted by Gasteiger charge is 2.17. The van der Waals surface area contributed by atoms with Gasteiger partial charge >= 0.3 is 5.97 Å². The lowest BCUT2D eigenvalue weighted by atomic mass is 10.1. The minimum atomic E-state index is -0.669. The fourth-order valence-corrected chi connectivity index (χ4v) is 3.18. The molecule has 0 aromatic heterocycles. The maximum atomic E-state index is 12.1. The Kier molecular flexibility index (Phi) is 6.56. The minimum absolute atomic E-state index is 0.229. The zero-order chi connectivity index (χ0) is 21.7. The predicted molar refractivity (Wildman–Crippen MR) is 110 cm³/mol. The van der Waals surface area contributed by atoms with Crippen molar-refractivity contribution in [2.45, 2.75) is 20.8 Å². The predicted octanol–water partition coefficient (Wildman–Crippen LogP) is 2.29. The molecule has 158 valence electrons. The normalized spacial score (nSPS) is 12.1. The van der Waals surface area contributed by atoms with Crippen molar-refractivity contribution in [3.8, 4) is 11.5 Å². The second kappa shape index (κ2) is 9.30. The lowest BCUT2D eigenvalue weighted by Gasteiger charge is -2.18.